The molecule has 0 aromatic rings. The maximum absolute atomic E-state index is 11.4. The van der Waals surface area contributed by atoms with Crippen molar-refractivity contribution in [3.63, 3.8) is 0 Å². The number of hydrogen-bond donors (Lipinski definition) is 0. The molecular weight excluding hydrogens is 168 g/mol. The Bertz CT molecular complexity index is 146. The van der Waals surface area contributed by atoms with Gasteiger partial charge >= 0.3 is 0 Å². The molecule has 2 heteroatoms. The van der Waals surface area contributed by atoms with Gasteiger partial charge in [-0.25, -0.2) is 0 Å². The number of rotatable bonds is 4. The summed E-state index contributed by atoms with van der Waals surface area (Å²) in [6.07, 6.45) is 0.962. The largest absolute Gasteiger partial charge is 0.298 e. The summed E-state index contributed by atoms with van der Waals surface area (Å²) >= 11 is 1.74. The molecule has 0 saturated heterocycles. The van der Waals surface area contributed by atoms with Gasteiger partial charge in [0.15, 0.2) is 0 Å². The van der Waals surface area contributed by atoms with Crippen molar-refractivity contribution < 1.29 is 4.79 Å². The summed E-state index contributed by atoms with van der Waals surface area (Å²) in [5.74, 6) is 1.29. The van der Waals surface area contributed by atoms with Gasteiger partial charge in [0, 0.05) is 10.7 Å². The summed E-state index contributed by atoms with van der Waals surface area (Å²) in [5, 5.41) is 0. The van der Waals surface area contributed by atoms with Crippen LogP contribution in [0.1, 0.15) is 41.0 Å². The second-order valence-electron chi connectivity index (χ2n) is 4.18. The minimum Gasteiger partial charge on any atom is -0.298 e. The Hall–Kier alpha value is 0.0200. The monoisotopic (exact) mass is 188 g/mol. The van der Waals surface area contributed by atoms with Gasteiger partial charge in [0.25, 0.3) is 0 Å². The summed E-state index contributed by atoms with van der Waals surface area (Å²) in [6.45, 7) is 10.5. The topological polar surface area (TPSA) is 17.1 Å². The molecule has 0 heterocycles. The van der Waals surface area contributed by atoms with Gasteiger partial charge in [0.05, 0.1) is 5.75 Å². The molecule has 12 heavy (non-hydrogen) atoms. The van der Waals surface area contributed by atoms with Crippen molar-refractivity contribution >= 4 is 17.5 Å². The predicted molar refractivity (Wildman–Crippen MR) is 56.7 cm³/mol. The normalized spacial score (nSPS) is 14.4. The fourth-order valence-corrected chi connectivity index (χ4v) is 1.52. The average Bonchev–Trinajstić information content (AvgIpc) is 1.97. The van der Waals surface area contributed by atoms with Gasteiger partial charge in [-0.3, -0.25) is 4.79 Å². The van der Waals surface area contributed by atoms with Crippen LogP contribution in [0.4, 0.5) is 0 Å². The Morgan fingerprint density at radius 3 is 2.25 bits per heavy atom. The lowest BCUT2D eigenvalue weighted by atomic mass is 10.1. The van der Waals surface area contributed by atoms with Crippen LogP contribution < -0.4 is 0 Å². The van der Waals surface area contributed by atoms with Crippen LogP contribution in [0.3, 0.4) is 0 Å². The van der Waals surface area contributed by atoms with Crippen LogP contribution in [0.5, 0.6) is 0 Å². The van der Waals surface area contributed by atoms with Gasteiger partial charge < -0.3 is 0 Å². The number of Topliss-reactive ketones (excluding diaryl/α,β-unsaturated/α-hetero) is 1. The molecular formula is C10H20OS. The summed E-state index contributed by atoms with van der Waals surface area (Å²) < 4.78 is 0.211. The number of carbonyl (C=O) groups excluding carboxylic acids is 1. The van der Waals surface area contributed by atoms with Crippen LogP contribution in [-0.2, 0) is 4.79 Å². The number of thioether (sulfide) groups is 1. The third kappa shape index (κ3) is 5.64. The maximum atomic E-state index is 11.4. The SMILES string of the molecule is CCC(C)C(=O)CSC(C)(C)C. The van der Waals surface area contributed by atoms with E-state index in [-0.39, 0.29) is 10.7 Å². The van der Waals surface area contributed by atoms with Gasteiger partial charge in [-0.05, 0) is 6.42 Å². The Labute approximate surface area is 80.3 Å². The van der Waals surface area contributed by atoms with Gasteiger partial charge in [-0.15, -0.1) is 11.8 Å². The van der Waals surface area contributed by atoms with Crippen LogP contribution in [0.25, 0.3) is 0 Å². The maximum Gasteiger partial charge on any atom is 0.145 e. The number of carbonyl (C=O) groups is 1. The van der Waals surface area contributed by atoms with Crippen molar-refractivity contribution in [3.8, 4) is 0 Å². The fourth-order valence-electron chi connectivity index (χ4n) is 0.658. The highest BCUT2D eigenvalue weighted by Gasteiger charge is 2.16. The van der Waals surface area contributed by atoms with Crippen molar-refractivity contribution in [1.82, 2.24) is 0 Å². The molecule has 72 valence electrons. The molecule has 0 bridgehead atoms. The Balaban J connectivity index is 3.72. The lowest BCUT2D eigenvalue weighted by molar-refractivity contribution is -0.119. The molecule has 0 rings (SSSR count). The first kappa shape index (κ1) is 12.0. The van der Waals surface area contributed by atoms with Crippen LogP contribution in [0.2, 0.25) is 0 Å². The molecule has 0 saturated carbocycles. The fraction of sp³-hybridized carbons (Fsp3) is 0.900. The highest BCUT2D eigenvalue weighted by molar-refractivity contribution is 8.01. The van der Waals surface area contributed by atoms with Crippen LogP contribution in [0.15, 0.2) is 0 Å². The van der Waals surface area contributed by atoms with Crippen LogP contribution in [-0.4, -0.2) is 16.3 Å². The van der Waals surface area contributed by atoms with Crippen molar-refractivity contribution in [3.05, 3.63) is 0 Å². The van der Waals surface area contributed by atoms with E-state index in [2.05, 4.69) is 27.7 Å². The molecule has 0 radical (unpaired) electrons. The third-order valence-corrected chi connectivity index (χ3v) is 3.10. The lowest BCUT2D eigenvalue weighted by Gasteiger charge is -2.17. The lowest BCUT2D eigenvalue weighted by Crippen LogP contribution is -2.17. The van der Waals surface area contributed by atoms with E-state index in [9.17, 15) is 4.79 Å². The van der Waals surface area contributed by atoms with E-state index in [0.29, 0.717) is 11.5 Å². The Morgan fingerprint density at radius 2 is 1.92 bits per heavy atom. The van der Waals surface area contributed by atoms with E-state index in [1.165, 1.54) is 0 Å². The summed E-state index contributed by atoms with van der Waals surface area (Å²) in [7, 11) is 0. The van der Waals surface area contributed by atoms with E-state index >= 15 is 0 Å². The molecule has 0 fully saturated rings. The van der Waals surface area contributed by atoms with Gasteiger partial charge in [-0.2, -0.15) is 0 Å². The van der Waals surface area contributed by atoms with Crippen molar-refractivity contribution in [1.29, 1.82) is 0 Å². The minimum absolute atomic E-state index is 0.211. The van der Waals surface area contributed by atoms with E-state index in [1.807, 2.05) is 6.92 Å². The smallest absolute Gasteiger partial charge is 0.145 e. The van der Waals surface area contributed by atoms with Crippen molar-refractivity contribution in [2.24, 2.45) is 5.92 Å². The molecule has 0 aliphatic rings. The molecule has 0 aliphatic heterocycles. The molecule has 0 aromatic carbocycles. The molecule has 1 atom stereocenters. The summed E-state index contributed by atoms with van der Waals surface area (Å²) in [6, 6.07) is 0. The van der Waals surface area contributed by atoms with Crippen molar-refractivity contribution in [2.45, 2.75) is 45.8 Å². The number of hydrogen-bond acceptors (Lipinski definition) is 2. The van der Waals surface area contributed by atoms with E-state index in [4.69, 9.17) is 0 Å². The standard InChI is InChI=1S/C10H20OS/c1-6-8(2)9(11)7-12-10(3,4)5/h8H,6-7H2,1-5H3. The first-order chi connectivity index (χ1) is 5.37. The van der Waals surface area contributed by atoms with E-state index in [0.717, 1.165) is 6.42 Å². The second-order valence-corrected chi connectivity index (χ2v) is 5.98. The molecule has 0 aliphatic carbocycles. The Morgan fingerprint density at radius 1 is 1.42 bits per heavy atom. The first-order valence-electron chi connectivity index (χ1n) is 4.53. The molecule has 0 amide bonds. The second kappa shape index (κ2) is 4.90. The Kier molecular flexibility index (Phi) is 4.91. The van der Waals surface area contributed by atoms with E-state index < -0.39 is 0 Å². The number of ketones is 1. The predicted octanol–water partition coefficient (Wildman–Crippen LogP) is 3.13. The van der Waals surface area contributed by atoms with Crippen LogP contribution in [0, 0.1) is 5.92 Å². The molecule has 0 aromatic heterocycles. The molecule has 1 unspecified atom stereocenters. The quantitative estimate of drug-likeness (QED) is 0.674. The van der Waals surface area contributed by atoms with Gasteiger partial charge in [0.2, 0.25) is 0 Å². The van der Waals surface area contributed by atoms with E-state index in [1.54, 1.807) is 11.8 Å². The highest BCUT2D eigenvalue weighted by Crippen LogP contribution is 2.24. The minimum atomic E-state index is 0.211. The first-order valence-corrected chi connectivity index (χ1v) is 5.52. The molecule has 1 nitrogen and oxygen atoms in total. The van der Waals surface area contributed by atoms with Crippen molar-refractivity contribution in [2.75, 3.05) is 5.75 Å². The average molecular weight is 188 g/mol. The van der Waals surface area contributed by atoms with Gasteiger partial charge in [0.1, 0.15) is 5.78 Å². The molecule has 0 N–H and O–H groups in total. The third-order valence-electron chi connectivity index (χ3n) is 1.81. The van der Waals surface area contributed by atoms with Crippen LogP contribution >= 0.6 is 11.8 Å². The zero-order valence-electron chi connectivity index (χ0n) is 8.81. The highest BCUT2D eigenvalue weighted by atomic mass is 32.2. The van der Waals surface area contributed by atoms with Gasteiger partial charge in [-0.1, -0.05) is 34.6 Å². The summed E-state index contributed by atoms with van der Waals surface area (Å²) in [4.78, 5) is 11.4. The zero-order valence-corrected chi connectivity index (χ0v) is 9.62. The molecule has 0 spiro atoms. The summed E-state index contributed by atoms with van der Waals surface area (Å²) in [5.41, 5.74) is 0. The zero-order chi connectivity index (χ0) is 9.78.